The molecule has 27 heavy (non-hydrogen) atoms. The Morgan fingerprint density at radius 1 is 1.26 bits per heavy atom. The number of amides is 1. The first kappa shape index (κ1) is 19.1. The lowest BCUT2D eigenvalue weighted by Gasteiger charge is -2.11. The second-order valence-electron chi connectivity index (χ2n) is 5.43. The Morgan fingerprint density at radius 3 is 2.67 bits per heavy atom. The summed E-state index contributed by atoms with van der Waals surface area (Å²) in [5, 5.41) is 9.86. The monoisotopic (exact) mass is 402 g/mol. The number of rotatable bonds is 6. The van der Waals surface area contributed by atoms with Gasteiger partial charge < -0.3 is 9.47 Å². The Hall–Kier alpha value is -2.65. The third-order valence-corrected chi connectivity index (χ3v) is 5.35. The number of aromatic nitrogens is 2. The lowest BCUT2D eigenvalue weighted by Crippen LogP contribution is -2.29. The predicted molar refractivity (Wildman–Crippen MR) is 109 cm³/mol. The van der Waals surface area contributed by atoms with Crippen LogP contribution in [0, 0.1) is 6.92 Å². The molecule has 0 aliphatic carbocycles. The zero-order valence-electron chi connectivity index (χ0n) is 15.1. The molecule has 2 heterocycles. The minimum absolute atomic E-state index is 0.130. The largest absolute Gasteiger partial charge is 0.493 e. The summed E-state index contributed by atoms with van der Waals surface area (Å²) in [4.78, 5) is 19.4. The molecular weight excluding hydrogens is 384 g/mol. The highest BCUT2D eigenvalue weighted by atomic mass is 32.2. The number of carbonyl (C=O) groups is 1. The van der Waals surface area contributed by atoms with E-state index < -0.39 is 0 Å². The fraction of sp³-hybridized carbons (Fsp3) is 0.222. The van der Waals surface area contributed by atoms with Gasteiger partial charge in [-0.05, 0) is 42.5 Å². The molecule has 0 unspecified atom stereocenters. The van der Waals surface area contributed by atoms with Crippen LogP contribution in [0.4, 0.5) is 5.13 Å². The number of ether oxygens (including phenoxy) is 2. The molecule has 1 aliphatic rings. The van der Waals surface area contributed by atoms with E-state index >= 15 is 0 Å². The van der Waals surface area contributed by atoms with Crippen molar-refractivity contribution >= 4 is 45.4 Å². The molecule has 0 spiro atoms. The highest BCUT2D eigenvalue weighted by molar-refractivity contribution is 8.18. The molecule has 1 aromatic carbocycles. The van der Waals surface area contributed by atoms with Crippen LogP contribution in [0.1, 0.15) is 10.6 Å². The maximum absolute atomic E-state index is 12.8. The average Bonchev–Trinajstić information content (AvgIpc) is 3.20. The normalized spacial score (nSPS) is 17.0. The lowest BCUT2D eigenvalue weighted by molar-refractivity contribution is -0.121. The van der Waals surface area contributed by atoms with Gasteiger partial charge in [-0.15, -0.1) is 16.8 Å². The van der Waals surface area contributed by atoms with Gasteiger partial charge in [-0.1, -0.05) is 23.5 Å². The SMILES string of the molecule is C=CCN1C(=O)/C(=C\c2ccc(OC)c(OC)c2)SC1=Nc1nnc(C)s1. The van der Waals surface area contributed by atoms with E-state index in [-0.39, 0.29) is 5.91 Å². The second kappa shape index (κ2) is 8.36. The van der Waals surface area contributed by atoms with Crippen LogP contribution >= 0.6 is 23.1 Å². The third-order valence-electron chi connectivity index (χ3n) is 3.61. The summed E-state index contributed by atoms with van der Waals surface area (Å²) >= 11 is 2.67. The van der Waals surface area contributed by atoms with Gasteiger partial charge in [0, 0.05) is 6.54 Å². The number of amidine groups is 1. The van der Waals surface area contributed by atoms with E-state index in [1.54, 1.807) is 37.3 Å². The standard InChI is InChI=1S/C18H18N4O3S2/c1-5-8-22-16(23)15(27-18(22)19-17-21-20-11(2)26-17)10-12-6-7-13(24-3)14(9-12)25-4/h5-7,9-10H,1,8H2,2-4H3/b15-10+,19-18?. The average molecular weight is 403 g/mol. The van der Waals surface area contributed by atoms with Crippen molar-refractivity contribution in [2.24, 2.45) is 4.99 Å². The fourth-order valence-corrected chi connectivity index (χ4v) is 3.99. The summed E-state index contributed by atoms with van der Waals surface area (Å²) in [7, 11) is 3.16. The summed E-state index contributed by atoms with van der Waals surface area (Å²) in [6.07, 6.45) is 3.47. The van der Waals surface area contributed by atoms with Crippen LogP contribution in [-0.2, 0) is 4.79 Å². The molecule has 0 N–H and O–H groups in total. The molecule has 9 heteroatoms. The number of nitrogens with zero attached hydrogens (tertiary/aromatic N) is 4. The molecule has 2 aromatic rings. The van der Waals surface area contributed by atoms with E-state index in [9.17, 15) is 4.79 Å². The van der Waals surface area contributed by atoms with Gasteiger partial charge in [-0.25, -0.2) is 0 Å². The number of aryl methyl sites for hydroxylation is 1. The summed E-state index contributed by atoms with van der Waals surface area (Å²) in [6.45, 7) is 5.95. The smallest absolute Gasteiger partial charge is 0.267 e. The van der Waals surface area contributed by atoms with E-state index in [1.165, 1.54) is 23.1 Å². The third kappa shape index (κ3) is 4.20. The van der Waals surface area contributed by atoms with Crippen LogP contribution in [-0.4, -0.2) is 46.9 Å². The number of benzene rings is 1. The minimum atomic E-state index is -0.130. The van der Waals surface area contributed by atoms with E-state index in [1.807, 2.05) is 19.1 Å². The maximum Gasteiger partial charge on any atom is 0.267 e. The van der Waals surface area contributed by atoms with Gasteiger partial charge in [0.05, 0.1) is 19.1 Å². The van der Waals surface area contributed by atoms with Crippen molar-refractivity contribution in [3.8, 4) is 11.5 Å². The fourth-order valence-electron chi connectivity index (χ4n) is 2.39. The van der Waals surface area contributed by atoms with Gasteiger partial charge in [0.2, 0.25) is 5.13 Å². The van der Waals surface area contributed by atoms with Crippen molar-refractivity contribution in [3.05, 3.63) is 46.3 Å². The Labute approximate surface area is 165 Å². The molecular formula is C18H18N4O3S2. The van der Waals surface area contributed by atoms with Crippen LogP contribution in [0.25, 0.3) is 6.08 Å². The number of thioether (sulfide) groups is 1. The van der Waals surface area contributed by atoms with Gasteiger partial charge in [-0.3, -0.25) is 9.69 Å². The first-order valence-corrected chi connectivity index (χ1v) is 9.62. The number of hydrogen-bond donors (Lipinski definition) is 0. The molecule has 3 rings (SSSR count). The molecule has 0 radical (unpaired) electrons. The van der Waals surface area contributed by atoms with Crippen LogP contribution in [0.3, 0.4) is 0 Å². The van der Waals surface area contributed by atoms with Crippen LogP contribution < -0.4 is 9.47 Å². The topological polar surface area (TPSA) is 76.9 Å². The first-order valence-electron chi connectivity index (χ1n) is 7.99. The van der Waals surface area contributed by atoms with E-state index in [2.05, 4.69) is 21.8 Å². The van der Waals surface area contributed by atoms with Gasteiger partial charge in [0.15, 0.2) is 16.7 Å². The zero-order chi connectivity index (χ0) is 19.4. The van der Waals surface area contributed by atoms with Crippen LogP contribution in [0.2, 0.25) is 0 Å². The summed E-state index contributed by atoms with van der Waals surface area (Å²) in [5.74, 6) is 1.10. The van der Waals surface area contributed by atoms with Gasteiger partial charge >= 0.3 is 0 Å². The summed E-state index contributed by atoms with van der Waals surface area (Å²) in [6, 6.07) is 5.49. The second-order valence-corrected chi connectivity index (χ2v) is 7.60. The van der Waals surface area contributed by atoms with E-state index in [0.29, 0.717) is 33.2 Å². The molecule has 1 aliphatic heterocycles. The van der Waals surface area contributed by atoms with Crippen molar-refractivity contribution in [2.45, 2.75) is 6.92 Å². The van der Waals surface area contributed by atoms with Gasteiger partial charge in [0.25, 0.3) is 5.91 Å². The Morgan fingerprint density at radius 2 is 2.04 bits per heavy atom. The van der Waals surface area contributed by atoms with E-state index in [0.717, 1.165) is 10.6 Å². The van der Waals surface area contributed by atoms with Crippen molar-refractivity contribution in [1.29, 1.82) is 0 Å². The van der Waals surface area contributed by atoms with Crippen molar-refractivity contribution in [3.63, 3.8) is 0 Å². The first-order chi connectivity index (χ1) is 13.0. The molecule has 140 valence electrons. The Kier molecular flexibility index (Phi) is 5.92. The summed E-state index contributed by atoms with van der Waals surface area (Å²) in [5.41, 5.74) is 0.829. The predicted octanol–water partition coefficient (Wildman–Crippen LogP) is 3.65. The molecule has 0 atom stereocenters. The minimum Gasteiger partial charge on any atom is -0.493 e. The summed E-state index contributed by atoms with van der Waals surface area (Å²) < 4.78 is 10.6. The number of hydrogen-bond acceptors (Lipinski definition) is 8. The molecule has 1 fully saturated rings. The Balaban J connectivity index is 1.94. The number of aliphatic imine (C=N–C) groups is 1. The number of methoxy groups -OCH3 is 2. The molecule has 1 amide bonds. The molecule has 0 bridgehead atoms. The van der Waals surface area contributed by atoms with Gasteiger partial charge in [-0.2, -0.15) is 4.99 Å². The lowest BCUT2D eigenvalue weighted by atomic mass is 10.2. The van der Waals surface area contributed by atoms with Crippen LogP contribution in [0.5, 0.6) is 11.5 Å². The maximum atomic E-state index is 12.8. The molecule has 1 saturated heterocycles. The highest BCUT2D eigenvalue weighted by Gasteiger charge is 2.33. The van der Waals surface area contributed by atoms with Gasteiger partial charge in [0.1, 0.15) is 5.01 Å². The Bertz CT molecular complexity index is 936. The van der Waals surface area contributed by atoms with E-state index in [4.69, 9.17) is 9.47 Å². The number of carbonyl (C=O) groups excluding carboxylic acids is 1. The van der Waals surface area contributed by atoms with Crippen LogP contribution in [0.15, 0.2) is 40.8 Å². The van der Waals surface area contributed by atoms with Crippen molar-refractivity contribution in [1.82, 2.24) is 15.1 Å². The molecule has 0 saturated carbocycles. The quantitative estimate of drug-likeness (QED) is 0.542. The molecule has 7 nitrogen and oxygen atoms in total. The highest BCUT2D eigenvalue weighted by Crippen LogP contribution is 2.36. The van der Waals surface area contributed by atoms with Crippen molar-refractivity contribution in [2.75, 3.05) is 20.8 Å². The zero-order valence-corrected chi connectivity index (χ0v) is 16.8. The van der Waals surface area contributed by atoms with Crippen molar-refractivity contribution < 1.29 is 14.3 Å². The molecule has 1 aromatic heterocycles.